The number of hydrogen-bond acceptors (Lipinski definition) is 3. The Balaban J connectivity index is 1.89. The van der Waals surface area contributed by atoms with Gasteiger partial charge in [-0.1, -0.05) is 77.8 Å². The summed E-state index contributed by atoms with van der Waals surface area (Å²) in [5.74, 6) is 0.262. The van der Waals surface area contributed by atoms with E-state index in [1.807, 2.05) is 80.6 Å². The lowest BCUT2D eigenvalue weighted by molar-refractivity contribution is -0.142. The average molecular weight is 552 g/mol. The summed E-state index contributed by atoms with van der Waals surface area (Å²) in [6.45, 7) is 6.81. The molecule has 0 saturated heterocycles. The molecule has 2 amide bonds. The van der Waals surface area contributed by atoms with Gasteiger partial charge in [-0.05, 0) is 66.8 Å². The molecule has 3 aromatic rings. The standard InChI is InChI=1S/C30H35BrN2O3/c1-4-5-14-32-30(35)28(19-24-10-7-6-8-11-24)33(20-25-12-9-13-26(31)18-25)29(34)21-36-27-16-22(2)15-23(3)17-27/h6-13,15-18,28H,4-5,14,19-21H2,1-3H3,(H,32,35)/t28-/m1/s1. The summed E-state index contributed by atoms with van der Waals surface area (Å²) >= 11 is 3.52. The molecule has 0 saturated carbocycles. The monoisotopic (exact) mass is 550 g/mol. The molecule has 1 atom stereocenters. The van der Waals surface area contributed by atoms with Crippen molar-refractivity contribution < 1.29 is 14.3 Å². The second-order valence-corrected chi connectivity index (χ2v) is 10.0. The quantitative estimate of drug-likeness (QED) is 0.281. The van der Waals surface area contributed by atoms with Crippen molar-refractivity contribution in [2.45, 2.75) is 52.6 Å². The van der Waals surface area contributed by atoms with Gasteiger partial charge in [-0.3, -0.25) is 9.59 Å². The summed E-state index contributed by atoms with van der Waals surface area (Å²) < 4.78 is 6.84. The summed E-state index contributed by atoms with van der Waals surface area (Å²) in [6.07, 6.45) is 2.29. The highest BCUT2D eigenvalue weighted by Crippen LogP contribution is 2.20. The van der Waals surface area contributed by atoms with Crippen LogP contribution in [0.1, 0.15) is 42.0 Å². The molecule has 0 aliphatic heterocycles. The van der Waals surface area contributed by atoms with Crippen molar-refractivity contribution in [2.24, 2.45) is 0 Å². The van der Waals surface area contributed by atoms with Crippen LogP contribution in [-0.2, 0) is 22.6 Å². The Labute approximate surface area is 223 Å². The van der Waals surface area contributed by atoms with Crippen LogP contribution in [-0.4, -0.2) is 35.9 Å². The van der Waals surface area contributed by atoms with Crippen LogP contribution in [0.3, 0.4) is 0 Å². The highest BCUT2D eigenvalue weighted by molar-refractivity contribution is 9.10. The van der Waals surface area contributed by atoms with Crippen molar-refractivity contribution in [3.05, 3.63) is 99.5 Å². The molecule has 0 unspecified atom stereocenters. The molecule has 0 fully saturated rings. The molecule has 0 spiro atoms. The predicted molar refractivity (Wildman–Crippen MR) is 148 cm³/mol. The Morgan fingerprint density at radius 3 is 2.31 bits per heavy atom. The van der Waals surface area contributed by atoms with Crippen LogP contribution in [0, 0.1) is 13.8 Å². The third-order valence-corrected chi connectivity index (χ3v) is 6.39. The van der Waals surface area contributed by atoms with Crippen molar-refractivity contribution in [3.63, 3.8) is 0 Å². The molecular weight excluding hydrogens is 516 g/mol. The number of ether oxygens (including phenoxy) is 1. The van der Waals surface area contributed by atoms with Gasteiger partial charge in [0.2, 0.25) is 5.91 Å². The number of aryl methyl sites for hydroxylation is 2. The lowest BCUT2D eigenvalue weighted by atomic mass is 10.0. The van der Waals surface area contributed by atoms with E-state index in [1.54, 1.807) is 4.90 Å². The highest BCUT2D eigenvalue weighted by Gasteiger charge is 2.30. The van der Waals surface area contributed by atoms with Gasteiger partial charge in [-0.15, -0.1) is 0 Å². The SMILES string of the molecule is CCCCNC(=O)[C@@H](Cc1ccccc1)N(Cc1cccc(Br)c1)C(=O)COc1cc(C)cc(C)c1. The van der Waals surface area contributed by atoms with Crippen LogP contribution in [0.2, 0.25) is 0 Å². The minimum atomic E-state index is -0.668. The first-order chi connectivity index (χ1) is 17.4. The molecule has 0 aromatic heterocycles. The van der Waals surface area contributed by atoms with Crippen LogP contribution in [0.15, 0.2) is 77.3 Å². The molecule has 0 aliphatic rings. The van der Waals surface area contributed by atoms with Gasteiger partial charge >= 0.3 is 0 Å². The molecule has 3 aromatic carbocycles. The minimum Gasteiger partial charge on any atom is -0.484 e. The van der Waals surface area contributed by atoms with E-state index in [0.29, 0.717) is 25.3 Å². The maximum atomic E-state index is 13.7. The maximum absolute atomic E-state index is 13.7. The zero-order chi connectivity index (χ0) is 25.9. The Hall–Kier alpha value is -3.12. The number of halogens is 1. The topological polar surface area (TPSA) is 58.6 Å². The van der Waals surface area contributed by atoms with E-state index in [-0.39, 0.29) is 18.4 Å². The molecular formula is C30H35BrN2O3. The summed E-state index contributed by atoms with van der Waals surface area (Å²) in [5, 5.41) is 3.04. The summed E-state index contributed by atoms with van der Waals surface area (Å²) in [7, 11) is 0. The number of benzene rings is 3. The zero-order valence-electron chi connectivity index (χ0n) is 21.3. The van der Waals surface area contributed by atoms with Crippen molar-refractivity contribution in [2.75, 3.05) is 13.2 Å². The minimum absolute atomic E-state index is 0.148. The number of rotatable bonds is 12. The molecule has 36 heavy (non-hydrogen) atoms. The molecule has 3 rings (SSSR count). The van der Waals surface area contributed by atoms with Crippen LogP contribution in [0.5, 0.6) is 5.75 Å². The highest BCUT2D eigenvalue weighted by atomic mass is 79.9. The Morgan fingerprint density at radius 2 is 1.64 bits per heavy atom. The van der Waals surface area contributed by atoms with E-state index in [4.69, 9.17) is 4.74 Å². The zero-order valence-corrected chi connectivity index (χ0v) is 22.9. The first kappa shape index (κ1) is 27.5. The van der Waals surface area contributed by atoms with Gasteiger partial charge in [-0.2, -0.15) is 0 Å². The fraction of sp³-hybridized carbons (Fsp3) is 0.333. The molecule has 0 aliphatic carbocycles. The van der Waals surface area contributed by atoms with E-state index in [9.17, 15) is 9.59 Å². The van der Waals surface area contributed by atoms with Crippen LogP contribution < -0.4 is 10.1 Å². The number of hydrogen-bond donors (Lipinski definition) is 1. The van der Waals surface area contributed by atoms with Gasteiger partial charge < -0.3 is 15.0 Å². The second kappa shape index (κ2) is 13.8. The third kappa shape index (κ3) is 8.52. The van der Waals surface area contributed by atoms with E-state index in [2.05, 4.69) is 34.2 Å². The number of carbonyl (C=O) groups excluding carboxylic acids is 2. The van der Waals surface area contributed by atoms with Crippen LogP contribution in [0.4, 0.5) is 0 Å². The van der Waals surface area contributed by atoms with E-state index in [0.717, 1.165) is 39.6 Å². The maximum Gasteiger partial charge on any atom is 0.261 e. The number of carbonyl (C=O) groups is 2. The first-order valence-corrected chi connectivity index (χ1v) is 13.2. The lowest BCUT2D eigenvalue weighted by Crippen LogP contribution is -2.51. The number of unbranched alkanes of at least 4 members (excludes halogenated alkanes) is 1. The Morgan fingerprint density at radius 1 is 0.944 bits per heavy atom. The van der Waals surface area contributed by atoms with Gasteiger partial charge in [0.05, 0.1) is 0 Å². The lowest BCUT2D eigenvalue weighted by Gasteiger charge is -2.31. The molecule has 0 radical (unpaired) electrons. The number of nitrogens with zero attached hydrogens (tertiary/aromatic N) is 1. The van der Waals surface area contributed by atoms with Gasteiger partial charge in [0.25, 0.3) is 5.91 Å². The normalized spacial score (nSPS) is 11.6. The summed E-state index contributed by atoms with van der Waals surface area (Å²) in [5.41, 5.74) is 4.07. The first-order valence-electron chi connectivity index (χ1n) is 12.4. The van der Waals surface area contributed by atoms with E-state index < -0.39 is 6.04 Å². The van der Waals surface area contributed by atoms with E-state index >= 15 is 0 Å². The van der Waals surface area contributed by atoms with Crippen LogP contribution >= 0.6 is 15.9 Å². The fourth-order valence-electron chi connectivity index (χ4n) is 4.14. The molecule has 0 heterocycles. The fourth-order valence-corrected chi connectivity index (χ4v) is 4.58. The van der Waals surface area contributed by atoms with Gasteiger partial charge in [0, 0.05) is 24.0 Å². The second-order valence-electron chi connectivity index (χ2n) is 9.11. The molecule has 5 nitrogen and oxygen atoms in total. The van der Waals surface area contributed by atoms with Gasteiger partial charge in [-0.25, -0.2) is 0 Å². The van der Waals surface area contributed by atoms with Crippen molar-refractivity contribution in [1.29, 1.82) is 0 Å². The predicted octanol–water partition coefficient (Wildman–Crippen LogP) is 6.00. The summed E-state index contributed by atoms with van der Waals surface area (Å²) in [4.78, 5) is 28.7. The van der Waals surface area contributed by atoms with Crippen molar-refractivity contribution in [3.8, 4) is 5.75 Å². The molecule has 190 valence electrons. The van der Waals surface area contributed by atoms with Gasteiger partial charge in [0.15, 0.2) is 6.61 Å². The Bertz CT molecular complexity index is 1130. The van der Waals surface area contributed by atoms with E-state index in [1.165, 1.54) is 0 Å². The molecule has 0 bridgehead atoms. The van der Waals surface area contributed by atoms with Crippen molar-refractivity contribution in [1.82, 2.24) is 10.2 Å². The number of amides is 2. The summed E-state index contributed by atoms with van der Waals surface area (Å²) in [6, 6.07) is 22.8. The molecule has 6 heteroatoms. The van der Waals surface area contributed by atoms with Crippen molar-refractivity contribution >= 4 is 27.7 Å². The third-order valence-electron chi connectivity index (χ3n) is 5.90. The number of nitrogens with one attached hydrogen (secondary N) is 1. The largest absolute Gasteiger partial charge is 0.484 e. The van der Waals surface area contributed by atoms with Gasteiger partial charge in [0.1, 0.15) is 11.8 Å². The Kier molecular flexibility index (Phi) is 10.6. The molecule has 1 N–H and O–H groups in total. The van der Waals surface area contributed by atoms with Crippen LogP contribution in [0.25, 0.3) is 0 Å². The smallest absolute Gasteiger partial charge is 0.261 e. The average Bonchev–Trinajstić information content (AvgIpc) is 2.85.